The van der Waals surface area contributed by atoms with Crippen LogP contribution in [0.15, 0.2) is 4.99 Å². The lowest BCUT2D eigenvalue weighted by molar-refractivity contribution is 0.107. The van der Waals surface area contributed by atoms with Gasteiger partial charge in [-0.05, 0) is 26.7 Å². The van der Waals surface area contributed by atoms with Crippen molar-refractivity contribution < 1.29 is 9.47 Å². The van der Waals surface area contributed by atoms with E-state index >= 15 is 0 Å². The lowest BCUT2D eigenvalue weighted by atomic mass is 10.0. The maximum Gasteiger partial charge on any atom is 0.205 e. The molecule has 1 fully saturated rings. The minimum Gasteiger partial charge on any atom is -0.382 e. The SMILES string of the molecule is CCOCCCNC(=NCC1CCOC1C)NN. The second-order valence-corrected chi connectivity index (χ2v) is 4.44. The molecule has 0 saturated carbocycles. The quantitative estimate of drug-likeness (QED) is 0.200. The largest absolute Gasteiger partial charge is 0.382 e. The van der Waals surface area contributed by atoms with Crippen molar-refractivity contribution in [3.8, 4) is 0 Å². The van der Waals surface area contributed by atoms with Crippen LogP contribution < -0.4 is 16.6 Å². The van der Waals surface area contributed by atoms with Crippen molar-refractivity contribution in [1.82, 2.24) is 10.7 Å². The van der Waals surface area contributed by atoms with Crippen molar-refractivity contribution in [2.75, 3.05) is 32.9 Å². The minimum atomic E-state index is 0.297. The zero-order valence-corrected chi connectivity index (χ0v) is 11.4. The zero-order chi connectivity index (χ0) is 13.2. The molecule has 0 amide bonds. The molecule has 0 spiro atoms. The second kappa shape index (κ2) is 9.13. The highest BCUT2D eigenvalue weighted by atomic mass is 16.5. The maximum absolute atomic E-state index is 5.50. The molecule has 6 nitrogen and oxygen atoms in total. The van der Waals surface area contributed by atoms with Gasteiger partial charge in [0.1, 0.15) is 0 Å². The van der Waals surface area contributed by atoms with Gasteiger partial charge < -0.3 is 14.8 Å². The van der Waals surface area contributed by atoms with Crippen LogP contribution in [0.4, 0.5) is 0 Å². The minimum absolute atomic E-state index is 0.297. The average molecular weight is 258 g/mol. The maximum atomic E-state index is 5.50. The fourth-order valence-corrected chi connectivity index (χ4v) is 1.90. The summed E-state index contributed by atoms with van der Waals surface area (Å²) in [6.45, 7) is 8.00. The molecular weight excluding hydrogens is 232 g/mol. The number of hydrogen-bond donors (Lipinski definition) is 3. The molecule has 18 heavy (non-hydrogen) atoms. The third-order valence-electron chi connectivity index (χ3n) is 3.12. The molecule has 2 unspecified atom stereocenters. The number of nitrogens with two attached hydrogens (primary N) is 1. The van der Waals surface area contributed by atoms with Crippen molar-refractivity contribution in [2.45, 2.75) is 32.8 Å². The first kappa shape index (κ1) is 15.2. The van der Waals surface area contributed by atoms with E-state index < -0.39 is 0 Å². The van der Waals surface area contributed by atoms with Gasteiger partial charge in [0.2, 0.25) is 5.96 Å². The zero-order valence-electron chi connectivity index (χ0n) is 11.4. The van der Waals surface area contributed by atoms with Gasteiger partial charge in [-0.1, -0.05) is 0 Å². The molecule has 1 heterocycles. The predicted molar refractivity (Wildman–Crippen MR) is 72.3 cm³/mol. The lowest BCUT2D eigenvalue weighted by Crippen LogP contribution is -2.42. The summed E-state index contributed by atoms with van der Waals surface area (Å²) in [5.41, 5.74) is 2.59. The molecular formula is C12H26N4O2. The number of hydrogen-bond acceptors (Lipinski definition) is 4. The Morgan fingerprint density at radius 3 is 3.00 bits per heavy atom. The molecule has 4 N–H and O–H groups in total. The summed E-state index contributed by atoms with van der Waals surface area (Å²) >= 11 is 0. The van der Waals surface area contributed by atoms with Gasteiger partial charge in [0.25, 0.3) is 0 Å². The summed E-state index contributed by atoms with van der Waals surface area (Å²) in [7, 11) is 0. The van der Waals surface area contributed by atoms with Gasteiger partial charge in [-0.3, -0.25) is 10.4 Å². The van der Waals surface area contributed by atoms with E-state index in [1.54, 1.807) is 0 Å². The van der Waals surface area contributed by atoms with Crippen LogP contribution in [0.25, 0.3) is 0 Å². The number of aliphatic imine (C=N–C) groups is 1. The summed E-state index contributed by atoms with van der Waals surface area (Å²) in [6, 6.07) is 0. The Hall–Kier alpha value is -0.850. The average Bonchev–Trinajstić information content (AvgIpc) is 2.78. The normalized spacial score (nSPS) is 24.3. The topological polar surface area (TPSA) is 80.9 Å². The van der Waals surface area contributed by atoms with Crippen LogP contribution in [0.5, 0.6) is 0 Å². The van der Waals surface area contributed by atoms with Gasteiger partial charge in [-0.15, -0.1) is 0 Å². The molecule has 0 bridgehead atoms. The number of hydrazine groups is 1. The number of nitrogens with one attached hydrogen (secondary N) is 2. The Morgan fingerprint density at radius 2 is 2.39 bits per heavy atom. The summed E-state index contributed by atoms with van der Waals surface area (Å²) in [4.78, 5) is 4.44. The van der Waals surface area contributed by atoms with E-state index in [1.165, 1.54) is 0 Å². The smallest absolute Gasteiger partial charge is 0.205 e. The summed E-state index contributed by atoms with van der Waals surface area (Å²) in [5, 5.41) is 3.16. The van der Waals surface area contributed by atoms with Gasteiger partial charge in [-0.25, -0.2) is 5.84 Å². The van der Waals surface area contributed by atoms with Crippen molar-refractivity contribution >= 4 is 5.96 Å². The Bertz CT molecular complexity index is 248. The fraction of sp³-hybridized carbons (Fsp3) is 0.917. The van der Waals surface area contributed by atoms with E-state index in [9.17, 15) is 0 Å². The molecule has 0 radical (unpaired) electrons. The van der Waals surface area contributed by atoms with Gasteiger partial charge in [0, 0.05) is 38.8 Å². The van der Waals surface area contributed by atoms with Crippen LogP contribution in [0, 0.1) is 5.92 Å². The monoisotopic (exact) mass is 258 g/mol. The Morgan fingerprint density at radius 1 is 1.56 bits per heavy atom. The Labute approximate surface area is 109 Å². The first-order valence-corrected chi connectivity index (χ1v) is 6.72. The van der Waals surface area contributed by atoms with Gasteiger partial charge in [-0.2, -0.15) is 0 Å². The molecule has 0 aliphatic carbocycles. The molecule has 1 aliphatic rings. The predicted octanol–water partition coefficient (Wildman–Crippen LogP) is 0.247. The first-order valence-electron chi connectivity index (χ1n) is 6.72. The van der Waals surface area contributed by atoms with E-state index in [-0.39, 0.29) is 0 Å². The van der Waals surface area contributed by atoms with Crippen LogP contribution >= 0.6 is 0 Å². The molecule has 1 aliphatic heterocycles. The van der Waals surface area contributed by atoms with Gasteiger partial charge >= 0.3 is 0 Å². The molecule has 0 aromatic carbocycles. The van der Waals surface area contributed by atoms with Crippen molar-refractivity contribution in [2.24, 2.45) is 16.8 Å². The fourth-order valence-electron chi connectivity index (χ4n) is 1.90. The summed E-state index contributed by atoms with van der Waals surface area (Å²) in [5.74, 6) is 6.57. The van der Waals surface area contributed by atoms with Crippen molar-refractivity contribution in [3.05, 3.63) is 0 Å². The lowest BCUT2D eigenvalue weighted by Gasteiger charge is -2.13. The van der Waals surface area contributed by atoms with Crippen LogP contribution in [0.2, 0.25) is 0 Å². The van der Waals surface area contributed by atoms with Gasteiger partial charge in [0.05, 0.1) is 6.10 Å². The number of rotatable bonds is 7. The molecule has 6 heteroatoms. The van der Waals surface area contributed by atoms with E-state index in [4.69, 9.17) is 15.3 Å². The molecule has 1 rings (SSSR count). The van der Waals surface area contributed by atoms with E-state index in [0.717, 1.165) is 45.8 Å². The summed E-state index contributed by atoms with van der Waals surface area (Å²) in [6.07, 6.45) is 2.32. The molecule has 0 aromatic rings. The van der Waals surface area contributed by atoms with E-state index in [1.807, 2.05) is 6.92 Å². The highest BCUT2D eigenvalue weighted by molar-refractivity contribution is 5.79. The van der Waals surface area contributed by atoms with Crippen LogP contribution in [0.1, 0.15) is 26.7 Å². The van der Waals surface area contributed by atoms with Crippen LogP contribution in [-0.2, 0) is 9.47 Å². The van der Waals surface area contributed by atoms with Crippen molar-refractivity contribution in [1.29, 1.82) is 0 Å². The highest BCUT2D eigenvalue weighted by Crippen LogP contribution is 2.20. The molecule has 106 valence electrons. The molecule has 0 aromatic heterocycles. The number of guanidine groups is 1. The Balaban J connectivity index is 2.18. The first-order chi connectivity index (χ1) is 8.77. The molecule has 1 saturated heterocycles. The number of nitrogens with zero attached hydrogens (tertiary/aromatic N) is 1. The second-order valence-electron chi connectivity index (χ2n) is 4.44. The van der Waals surface area contributed by atoms with E-state index in [0.29, 0.717) is 18.0 Å². The highest BCUT2D eigenvalue weighted by Gasteiger charge is 2.23. The Kier molecular flexibility index (Phi) is 7.71. The van der Waals surface area contributed by atoms with Crippen LogP contribution in [0.3, 0.4) is 0 Å². The molecule has 2 atom stereocenters. The van der Waals surface area contributed by atoms with E-state index in [2.05, 4.69) is 22.7 Å². The summed E-state index contributed by atoms with van der Waals surface area (Å²) < 4.78 is 10.8. The van der Waals surface area contributed by atoms with Gasteiger partial charge in [0.15, 0.2) is 0 Å². The van der Waals surface area contributed by atoms with Crippen LogP contribution in [-0.4, -0.2) is 45.0 Å². The van der Waals surface area contributed by atoms with Crippen molar-refractivity contribution in [3.63, 3.8) is 0 Å². The third kappa shape index (κ3) is 5.66. The third-order valence-corrected chi connectivity index (χ3v) is 3.12. The number of ether oxygens (including phenoxy) is 2. The standard InChI is InChI=1S/C12H26N4O2/c1-3-17-7-4-6-14-12(16-13)15-9-11-5-8-18-10(11)2/h10-11H,3-9,13H2,1-2H3,(H2,14,15,16).